The fraction of sp³-hybridized carbons (Fsp3) is 0.500. The predicted molar refractivity (Wildman–Crippen MR) is 76.6 cm³/mol. The summed E-state index contributed by atoms with van der Waals surface area (Å²) in [5, 5.41) is 9.53. The number of carbonyl (C=O) groups is 2. The number of esters is 1. The molecule has 0 unspecified atom stereocenters. The molecule has 1 aliphatic rings. The van der Waals surface area contributed by atoms with Crippen LogP contribution in [0.1, 0.15) is 41.6 Å². The van der Waals surface area contributed by atoms with Crippen molar-refractivity contribution in [3.8, 4) is 5.75 Å². The number of rotatable bonds is 5. The number of carboxylic acid groups (broad SMARTS) is 1. The molecule has 114 valence electrons. The molecule has 0 bridgehead atoms. The van der Waals surface area contributed by atoms with E-state index in [2.05, 4.69) is 0 Å². The smallest absolute Gasteiger partial charge is 0.341 e. The molecule has 0 saturated heterocycles. The highest BCUT2D eigenvalue weighted by molar-refractivity contribution is 5.92. The van der Waals surface area contributed by atoms with Crippen LogP contribution in [-0.2, 0) is 16.0 Å². The van der Waals surface area contributed by atoms with Gasteiger partial charge in [0, 0.05) is 0 Å². The number of ether oxygens (including phenoxy) is 2. The first-order valence-corrected chi connectivity index (χ1v) is 7.01. The Morgan fingerprint density at radius 2 is 1.90 bits per heavy atom. The minimum Gasteiger partial charge on any atom is -0.496 e. The molecule has 0 amide bonds. The molecule has 0 spiro atoms. The zero-order chi connectivity index (χ0) is 15.5. The molecule has 1 fully saturated rings. The Morgan fingerprint density at radius 3 is 2.43 bits per heavy atom. The number of hydrogen-bond acceptors (Lipinski definition) is 4. The van der Waals surface area contributed by atoms with Gasteiger partial charge in [0.1, 0.15) is 11.3 Å². The summed E-state index contributed by atoms with van der Waals surface area (Å²) in [5.74, 6) is -0.791. The summed E-state index contributed by atoms with van der Waals surface area (Å²) in [6.07, 6.45) is 3.75. The maximum atomic E-state index is 11.6. The SMILES string of the molecule is COC(=O)c1ccc(CC2(C(=O)O)CCCC2)cc1OC. The van der Waals surface area contributed by atoms with Gasteiger partial charge in [0.15, 0.2) is 0 Å². The second-order valence-corrected chi connectivity index (χ2v) is 5.50. The van der Waals surface area contributed by atoms with E-state index in [0.29, 0.717) is 30.6 Å². The van der Waals surface area contributed by atoms with E-state index in [9.17, 15) is 14.7 Å². The average Bonchev–Trinajstić information content (AvgIpc) is 2.96. The topological polar surface area (TPSA) is 72.8 Å². The second kappa shape index (κ2) is 6.16. The highest BCUT2D eigenvalue weighted by atomic mass is 16.5. The van der Waals surface area contributed by atoms with Gasteiger partial charge in [-0.15, -0.1) is 0 Å². The fourth-order valence-corrected chi connectivity index (χ4v) is 3.03. The van der Waals surface area contributed by atoms with Gasteiger partial charge in [-0.3, -0.25) is 4.79 Å². The van der Waals surface area contributed by atoms with Gasteiger partial charge in [-0.2, -0.15) is 0 Å². The quantitative estimate of drug-likeness (QED) is 0.845. The third kappa shape index (κ3) is 3.01. The third-order valence-corrected chi connectivity index (χ3v) is 4.23. The predicted octanol–water partition coefficient (Wildman–Crippen LogP) is 2.67. The summed E-state index contributed by atoms with van der Waals surface area (Å²) < 4.78 is 9.92. The first kappa shape index (κ1) is 15.4. The van der Waals surface area contributed by atoms with Crippen molar-refractivity contribution in [3.63, 3.8) is 0 Å². The number of methoxy groups -OCH3 is 2. The number of benzene rings is 1. The molecule has 0 radical (unpaired) electrons. The fourth-order valence-electron chi connectivity index (χ4n) is 3.03. The largest absolute Gasteiger partial charge is 0.496 e. The van der Waals surface area contributed by atoms with E-state index in [1.165, 1.54) is 14.2 Å². The molecular weight excluding hydrogens is 272 g/mol. The molecule has 1 N–H and O–H groups in total. The minimum atomic E-state index is -0.740. The Bertz CT molecular complexity index is 544. The van der Waals surface area contributed by atoms with Gasteiger partial charge in [-0.05, 0) is 37.0 Å². The lowest BCUT2D eigenvalue weighted by Gasteiger charge is -2.24. The van der Waals surface area contributed by atoms with Crippen LogP contribution in [0.15, 0.2) is 18.2 Å². The number of aliphatic carboxylic acids is 1. The average molecular weight is 292 g/mol. The maximum absolute atomic E-state index is 11.6. The van der Waals surface area contributed by atoms with Gasteiger partial charge in [0.2, 0.25) is 0 Å². The summed E-state index contributed by atoms with van der Waals surface area (Å²) in [6, 6.07) is 5.14. The van der Waals surface area contributed by atoms with Gasteiger partial charge < -0.3 is 14.6 Å². The summed E-state index contributed by atoms with van der Waals surface area (Å²) in [7, 11) is 2.79. The van der Waals surface area contributed by atoms with Gasteiger partial charge >= 0.3 is 11.9 Å². The van der Waals surface area contributed by atoms with Crippen LogP contribution in [0.2, 0.25) is 0 Å². The van der Waals surface area contributed by atoms with Crippen molar-refractivity contribution in [2.45, 2.75) is 32.1 Å². The summed E-state index contributed by atoms with van der Waals surface area (Å²) in [5.41, 5.74) is 0.529. The van der Waals surface area contributed by atoms with E-state index >= 15 is 0 Å². The van der Waals surface area contributed by atoms with Gasteiger partial charge in [0.05, 0.1) is 19.6 Å². The second-order valence-electron chi connectivity index (χ2n) is 5.50. The lowest BCUT2D eigenvalue weighted by Crippen LogP contribution is -2.30. The van der Waals surface area contributed by atoms with Crippen molar-refractivity contribution in [1.29, 1.82) is 0 Å². The molecule has 5 nitrogen and oxygen atoms in total. The Hall–Kier alpha value is -2.04. The van der Waals surface area contributed by atoms with Crippen LogP contribution < -0.4 is 4.74 Å². The molecule has 0 aromatic heterocycles. The molecule has 5 heteroatoms. The molecule has 2 rings (SSSR count). The van der Waals surface area contributed by atoms with Crippen LogP contribution in [0.3, 0.4) is 0 Å². The van der Waals surface area contributed by atoms with Crippen molar-refractivity contribution in [2.75, 3.05) is 14.2 Å². The zero-order valence-electron chi connectivity index (χ0n) is 12.3. The van der Waals surface area contributed by atoms with Crippen molar-refractivity contribution in [3.05, 3.63) is 29.3 Å². The molecule has 1 aromatic rings. The van der Waals surface area contributed by atoms with Crippen LogP contribution in [0.4, 0.5) is 0 Å². The van der Waals surface area contributed by atoms with Crippen molar-refractivity contribution < 1.29 is 24.2 Å². The normalized spacial score (nSPS) is 16.5. The van der Waals surface area contributed by atoms with Crippen molar-refractivity contribution in [2.24, 2.45) is 5.41 Å². The van der Waals surface area contributed by atoms with Crippen LogP contribution in [0.25, 0.3) is 0 Å². The van der Waals surface area contributed by atoms with Gasteiger partial charge in [-0.25, -0.2) is 4.79 Å². The summed E-state index contributed by atoms with van der Waals surface area (Å²) >= 11 is 0. The lowest BCUT2D eigenvalue weighted by atomic mass is 9.80. The van der Waals surface area contributed by atoms with E-state index in [0.717, 1.165) is 18.4 Å². The van der Waals surface area contributed by atoms with Crippen molar-refractivity contribution in [1.82, 2.24) is 0 Å². The number of carbonyl (C=O) groups excluding carboxylic acids is 1. The zero-order valence-corrected chi connectivity index (χ0v) is 12.3. The summed E-state index contributed by atoms with van der Waals surface area (Å²) in [6.45, 7) is 0. The van der Waals surface area contributed by atoms with E-state index in [1.54, 1.807) is 18.2 Å². The lowest BCUT2D eigenvalue weighted by molar-refractivity contribution is -0.148. The highest BCUT2D eigenvalue weighted by Crippen LogP contribution is 2.41. The highest BCUT2D eigenvalue weighted by Gasteiger charge is 2.41. The molecule has 0 atom stereocenters. The molecule has 1 saturated carbocycles. The first-order chi connectivity index (χ1) is 10.0. The first-order valence-electron chi connectivity index (χ1n) is 7.01. The Labute approximate surface area is 123 Å². The van der Waals surface area contributed by atoms with E-state index in [1.807, 2.05) is 0 Å². The summed E-state index contributed by atoms with van der Waals surface area (Å²) in [4.78, 5) is 23.2. The van der Waals surface area contributed by atoms with Gasteiger partial charge in [0.25, 0.3) is 0 Å². The molecule has 1 aliphatic carbocycles. The Balaban J connectivity index is 2.29. The van der Waals surface area contributed by atoms with Gasteiger partial charge in [-0.1, -0.05) is 18.9 Å². The van der Waals surface area contributed by atoms with Crippen LogP contribution in [0.5, 0.6) is 5.75 Å². The Kier molecular flexibility index (Phi) is 4.50. The monoisotopic (exact) mass is 292 g/mol. The number of hydrogen-bond donors (Lipinski definition) is 1. The van der Waals surface area contributed by atoms with Crippen molar-refractivity contribution >= 4 is 11.9 Å². The Morgan fingerprint density at radius 1 is 1.24 bits per heavy atom. The van der Waals surface area contributed by atoms with E-state index in [4.69, 9.17) is 9.47 Å². The van der Waals surface area contributed by atoms with Crippen LogP contribution >= 0.6 is 0 Å². The minimum absolute atomic E-state index is 0.347. The van der Waals surface area contributed by atoms with Crippen LogP contribution in [-0.4, -0.2) is 31.3 Å². The van der Waals surface area contributed by atoms with E-state index < -0.39 is 17.4 Å². The third-order valence-electron chi connectivity index (χ3n) is 4.23. The van der Waals surface area contributed by atoms with E-state index in [-0.39, 0.29) is 0 Å². The molecule has 0 aliphatic heterocycles. The standard InChI is InChI=1S/C16H20O5/c1-20-13-9-11(5-6-12(13)14(17)21-2)10-16(15(18)19)7-3-4-8-16/h5-6,9H,3-4,7-8,10H2,1-2H3,(H,18,19). The number of carboxylic acids is 1. The molecule has 0 heterocycles. The maximum Gasteiger partial charge on any atom is 0.341 e. The van der Waals surface area contributed by atoms with Crippen LogP contribution in [0, 0.1) is 5.41 Å². The molecule has 21 heavy (non-hydrogen) atoms. The molecular formula is C16H20O5. The molecule has 1 aromatic carbocycles.